The van der Waals surface area contributed by atoms with Gasteiger partial charge in [-0.15, -0.1) is 9.24 Å². The van der Waals surface area contributed by atoms with Crippen LogP contribution in [0.4, 0.5) is 0 Å². The van der Waals surface area contributed by atoms with Gasteiger partial charge >= 0.3 is 51.4 Å². The van der Waals surface area contributed by atoms with Gasteiger partial charge in [-0.2, -0.15) is 9.90 Å². The van der Waals surface area contributed by atoms with Gasteiger partial charge in [0.05, 0.1) is 0 Å². The van der Waals surface area contributed by atoms with Gasteiger partial charge < -0.3 is 1.43 Å². The van der Waals surface area contributed by atoms with Crippen molar-refractivity contribution >= 4 is 19.1 Å². The van der Waals surface area contributed by atoms with Crippen LogP contribution in [0.3, 0.4) is 0 Å². The first-order valence-electron chi connectivity index (χ1n) is 0.577. The molecule has 0 amide bonds. The van der Waals surface area contributed by atoms with Crippen molar-refractivity contribution < 1.29 is 52.8 Å². The Bertz CT molecular complexity index is 17.6. The predicted molar refractivity (Wildman–Crippen MR) is 81.7 cm³/mol. The van der Waals surface area contributed by atoms with Crippen LogP contribution in [0.5, 0.6) is 0 Å². The van der Waals surface area contributed by atoms with E-state index in [1.807, 2.05) is 6.66 Å². The van der Waals surface area contributed by atoms with Crippen molar-refractivity contribution in [3.63, 3.8) is 0 Å². The van der Waals surface area contributed by atoms with Crippen LogP contribution in [0.2, 0.25) is 0 Å². The van der Waals surface area contributed by atoms with Crippen LogP contribution in [-0.2, 0) is 0 Å². The number of rotatable bonds is 0. The molecule has 0 aromatic carbocycles. The maximum Gasteiger partial charge on any atom is 1.00 e. The molecule has 0 rings (SSSR count). The zero-order valence-electron chi connectivity index (χ0n) is 4.28. The van der Waals surface area contributed by atoms with E-state index in [0.29, 0.717) is 0 Å². The van der Waals surface area contributed by atoms with Crippen LogP contribution in [0.1, 0.15) is 60.8 Å². The first-order valence-corrected chi connectivity index (χ1v) is 1.73. The second-order valence-electron chi connectivity index (χ2n) is 0. The standard InChI is InChI=1S/CH5P.8CH4.K.H3P.H/c1-2;;;;;;;;;;;/h2H2,1H3;8*1H4;;1H3;/q;;;;;;;;;+1;;-1. The molecule has 0 N–H and O–H groups in total. The molecule has 0 saturated heterocycles. The van der Waals surface area contributed by atoms with Crippen molar-refractivity contribution in [3.05, 3.63) is 0 Å². The van der Waals surface area contributed by atoms with E-state index in [9.17, 15) is 0 Å². The van der Waals surface area contributed by atoms with Crippen molar-refractivity contribution in [1.29, 1.82) is 0 Å². The van der Waals surface area contributed by atoms with Gasteiger partial charge in [-0.1, -0.05) is 66.1 Å². The molecule has 0 nitrogen and oxygen atoms in total. The summed E-state index contributed by atoms with van der Waals surface area (Å²) < 4.78 is 0. The Balaban J connectivity index is -0.0000000000909. The Kier molecular flexibility index (Phi) is 6090. The van der Waals surface area contributed by atoms with E-state index in [1.165, 1.54) is 0 Å². The Morgan fingerprint density at radius 3 is 0.583 bits per heavy atom. The third kappa shape index (κ3) is 265. The van der Waals surface area contributed by atoms with Gasteiger partial charge in [0.15, 0.2) is 0 Å². The molecular weight excluding hydrogens is 209 g/mol. The molecule has 0 aliphatic rings. The van der Waals surface area contributed by atoms with E-state index in [0.717, 1.165) is 0 Å². The molecule has 0 fully saturated rings. The molecule has 0 aliphatic carbocycles. The Hall–Kier alpha value is 2.50. The van der Waals surface area contributed by atoms with Gasteiger partial charge in [-0.25, -0.2) is 0 Å². The van der Waals surface area contributed by atoms with Crippen molar-refractivity contribution in [2.45, 2.75) is 59.4 Å². The molecule has 0 saturated carbocycles. The van der Waals surface area contributed by atoms with E-state index < -0.39 is 0 Å². The number of hydrogen-bond donors (Lipinski definition) is 0. The van der Waals surface area contributed by atoms with Crippen LogP contribution >= 0.6 is 19.1 Å². The molecule has 3 heteroatoms. The van der Waals surface area contributed by atoms with Gasteiger partial charge in [0.1, 0.15) is 0 Å². The van der Waals surface area contributed by atoms with Crippen LogP contribution in [-0.4, -0.2) is 6.66 Å². The fourth-order valence-electron chi connectivity index (χ4n) is 0. The summed E-state index contributed by atoms with van der Waals surface area (Å²) in [4.78, 5) is 0. The average Bonchev–Trinajstić information content (AvgIpc) is 1.00. The van der Waals surface area contributed by atoms with Crippen molar-refractivity contribution in [2.75, 3.05) is 6.66 Å². The summed E-state index contributed by atoms with van der Waals surface area (Å²) in [5, 5.41) is 0. The molecule has 0 radical (unpaired) electrons. The summed E-state index contributed by atoms with van der Waals surface area (Å²) in [6.45, 7) is 1.92. The molecule has 0 aliphatic heterocycles. The van der Waals surface area contributed by atoms with Crippen LogP contribution in [0.15, 0.2) is 0 Å². The maximum absolute atomic E-state index is 2.42. The van der Waals surface area contributed by atoms with E-state index in [-0.39, 0.29) is 122 Å². The Labute approximate surface area is 136 Å². The van der Waals surface area contributed by atoms with Gasteiger partial charge in [0.25, 0.3) is 0 Å². The SMILES string of the molecule is C.C.C.C.C.C.C.C.CP.P.[H-].[K+]. The molecule has 0 aromatic heterocycles. The molecule has 0 aromatic rings. The van der Waals surface area contributed by atoms with Gasteiger partial charge in [-0.3, -0.25) is 0 Å². The molecule has 12 heavy (non-hydrogen) atoms. The predicted octanol–water partition coefficient (Wildman–Crippen LogP) is 2.75. The monoisotopic (exact) mass is 250 g/mol. The van der Waals surface area contributed by atoms with Gasteiger partial charge in [0.2, 0.25) is 0 Å². The summed E-state index contributed by atoms with van der Waals surface area (Å²) in [6.07, 6.45) is 0. The molecule has 0 heterocycles. The first kappa shape index (κ1) is 216. The molecular formula is C9H41KP2. The maximum atomic E-state index is 2.42. The zero-order chi connectivity index (χ0) is 2.00. The Morgan fingerprint density at radius 2 is 0.583 bits per heavy atom. The molecule has 2 atom stereocenters. The summed E-state index contributed by atoms with van der Waals surface area (Å²) in [5.41, 5.74) is 0. The van der Waals surface area contributed by atoms with E-state index in [1.54, 1.807) is 0 Å². The van der Waals surface area contributed by atoms with Crippen molar-refractivity contribution in [2.24, 2.45) is 0 Å². The second-order valence-corrected chi connectivity index (χ2v) is 0. The minimum absolute atomic E-state index is 0. The van der Waals surface area contributed by atoms with E-state index >= 15 is 0 Å². The second kappa shape index (κ2) is 338. The van der Waals surface area contributed by atoms with E-state index in [2.05, 4.69) is 9.24 Å². The quantitative estimate of drug-likeness (QED) is 0.458. The minimum Gasteiger partial charge on any atom is -1.00 e. The largest absolute Gasteiger partial charge is 1.00 e. The fraction of sp³-hybridized carbons (Fsp3) is 1.00. The average molecular weight is 250 g/mol. The summed E-state index contributed by atoms with van der Waals surface area (Å²) in [6, 6.07) is 0. The molecule has 2 unspecified atom stereocenters. The van der Waals surface area contributed by atoms with Crippen LogP contribution < -0.4 is 51.4 Å². The first-order chi connectivity index (χ1) is 1.00. The molecule has 88 valence electrons. The minimum atomic E-state index is 0. The van der Waals surface area contributed by atoms with Crippen molar-refractivity contribution in [3.8, 4) is 0 Å². The third-order valence-electron chi connectivity index (χ3n) is 0. The number of hydrogen-bond acceptors (Lipinski definition) is 0. The zero-order valence-corrected chi connectivity index (χ0v) is 8.98. The smallest absolute Gasteiger partial charge is 1.00 e. The van der Waals surface area contributed by atoms with Crippen LogP contribution in [0.25, 0.3) is 0 Å². The molecule has 0 spiro atoms. The van der Waals surface area contributed by atoms with Gasteiger partial charge in [-0.05, 0) is 0 Å². The van der Waals surface area contributed by atoms with Crippen molar-refractivity contribution in [1.82, 2.24) is 0 Å². The van der Waals surface area contributed by atoms with E-state index in [4.69, 9.17) is 0 Å². The summed E-state index contributed by atoms with van der Waals surface area (Å²) >= 11 is 0. The third-order valence-corrected chi connectivity index (χ3v) is 0. The topological polar surface area (TPSA) is 0 Å². The normalized spacial score (nSPS) is 0.500. The summed E-state index contributed by atoms with van der Waals surface area (Å²) in [5.74, 6) is 0. The van der Waals surface area contributed by atoms with Gasteiger partial charge in [0, 0.05) is 0 Å². The summed E-state index contributed by atoms with van der Waals surface area (Å²) in [7, 11) is 2.42. The fourth-order valence-corrected chi connectivity index (χ4v) is 0. The Morgan fingerprint density at radius 1 is 0.583 bits per heavy atom. The van der Waals surface area contributed by atoms with Crippen LogP contribution in [0, 0.1) is 0 Å². The molecule has 0 bridgehead atoms.